The second kappa shape index (κ2) is 8.84. The first-order chi connectivity index (χ1) is 16.1. The first-order valence-corrected chi connectivity index (χ1v) is 11.3. The summed E-state index contributed by atoms with van der Waals surface area (Å²) in [7, 11) is 0. The average molecular weight is 427 g/mol. The molecule has 160 valence electrons. The van der Waals surface area contributed by atoms with E-state index < -0.39 is 0 Å². The summed E-state index contributed by atoms with van der Waals surface area (Å²) in [6.07, 6.45) is 1.89. The van der Waals surface area contributed by atoms with Crippen LogP contribution in [0.3, 0.4) is 0 Å². The quantitative estimate of drug-likeness (QED) is 0.290. The Labute approximate surface area is 195 Å². The Morgan fingerprint density at radius 1 is 0.515 bits per heavy atom. The van der Waals surface area contributed by atoms with Crippen LogP contribution in [-0.4, -0.2) is 9.97 Å². The fourth-order valence-electron chi connectivity index (χ4n) is 4.18. The van der Waals surface area contributed by atoms with Crippen LogP contribution in [0.2, 0.25) is 0 Å². The molecule has 4 aromatic carbocycles. The number of hydrogen-bond donors (Lipinski definition) is 0. The summed E-state index contributed by atoms with van der Waals surface area (Å²) in [5.74, 6) is 0. The SMILES string of the molecule is Cc1ccc(-c2cnc(-c3ccc(C)cc3C)c(-c3ccc(-c4ccccc4)cc3)n2)cc1. The van der Waals surface area contributed by atoms with Gasteiger partial charge in [-0.1, -0.05) is 108 Å². The first-order valence-electron chi connectivity index (χ1n) is 11.3. The minimum atomic E-state index is 0.880. The summed E-state index contributed by atoms with van der Waals surface area (Å²) >= 11 is 0. The van der Waals surface area contributed by atoms with Crippen molar-refractivity contribution in [2.45, 2.75) is 20.8 Å². The molecule has 0 bridgehead atoms. The molecule has 2 nitrogen and oxygen atoms in total. The molecule has 2 heteroatoms. The molecule has 0 saturated heterocycles. The van der Waals surface area contributed by atoms with E-state index in [-0.39, 0.29) is 0 Å². The molecule has 1 heterocycles. The average Bonchev–Trinajstić information content (AvgIpc) is 2.85. The maximum atomic E-state index is 5.12. The molecule has 0 saturated carbocycles. The number of benzene rings is 4. The lowest BCUT2D eigenvalue weighted by molar-refractivity contribution is 1.20. The highest BCUT2D eigenvalue weighted by atomic mass is 14.8. The summed E-state index contributed by atoms with van der Waals surface area (Å²) in [6, 6.07) is 34.0. The Balaban J connectivity index is 1.65. The van der Waals surface area contributed by atoms with Gasteiger partial charge < -0.3 is 0 Å². The molecule has 33 heavy (non-hydrogen) atoms. The Morgan fingerprint density at radius 3 is 1.82 bits per heavy atom. The van der Waals surface area contributed by atoms with E-state index in [1.807, 2.05) is 12.3 Å². The number of aryl methyl sites for hydroxylation is 3. The van der Waals surface area contributed by atoms with Crippen LogP contribution in [-0.2, 0) is 0 Å². The minimum Gasteiger partial charge on any atom is -0.252 e. The second-order valence-corrected chi connectivity index (χ2v) is 8.58. The Hall–Kier alpha value is -4.04. The zero-order valence-electron chi connectivity index (χ0n) is 19.2. The third-order valence-electron chi connectivity index (χ3n) is 6.02. The lowest BCUT2D eigenvalue weighted by Crippen LogP contribution is -1.98. The second-order valence-electron chi connectivity index (χ2n) is 8.58. The summed E-state index contributed by atoms with van der Waals surface area (Å²) < 4.78 is 0. The predicted octanol–water partition coefficient (Wildman–Crippen LogP) is 8.07. The Kier molecular flexibility index (Phi) is 5.58. The first kappa shape index (κ1) is 20.8. The standard InChI is InChI=1S/C31H26N2/c1-21-9-12-26(13-10-21)29-20-32-31(28-18-11-22(2)19-23(28)3)30(33-29)27-16-14-25(15-17-27)24-7-5-4-6-8-24/h4-20H,1-3H3. The molecular formula is C31H26N2. The van der Waals surface area contributed by atoms with E-state index >= 15 is 0 Å². The largest absolute Gasteiger partial charge is 0.252 e. The molecular weight excluding hydrogens is 400 g/mol. The van der Waals surface area contributed by atoms with Gasteiger partial charge in [-0.05, 0) is 37.5 Å². The molecule has 0 amide bonds. The molecule has 0 fully saturated rings. The van der Waals surface area contributed by atoms with Gasteiger partial charge in [-0.3, -0.25) is 4.98 Å². The van der Waals surface area contributed by atoms with Crippen LogP contribution >= 0.6 is 0 Å². The predicted molar refractivity (Wildman–Crippen MR) is 138 cm³/mol. The zero-order chi connectivity index (χ0) is 22.8. The van der Waals surface area contributed by atoms with Gasteiger partial charge >= 0.3 is 0 Å². The summed E-state index contributed by atoms with van der Waals surface area (Å²) in [4.78, 5) is 10.1. The van der Waals surface area contributed by atoms with E-state index in [0.29, 0.717) is 0 Å². The van der Waals surface area contributed by atoms with Crippen molar-refractivity contribution in [1.82, 2.24) is 9.97 Å². The number of hydrogen-bond acceptors (Lipinski definition) is 2. The van der Waals surface area contributed by atoms with Crippen LogP contribution in [0.4, 0.5) is 0 Å². The third kappa shape index (κ3) is 4.33. The highest BCUT2D eigenvalue weighted by Crippen LogP contribution is 2.34. The molecule has 0 N–H and O–H groups in total. The lowest BCUT2D eigenvalue weighted by atomic mass is 9.97. The van der Waals surface area contributed by atoms with Gasteiger partial charge in [0.15, 0.2) is 0 Å². The summed E-state index contributed by atoms with van der Waals surface area (Å²) in [6.45, 7) is 6.35. The van der Waals surface area contributed by atoms with Crippen molar-refractivity contribution in [3.05, 3.63) is 120 Å². The molecule has 0 aliphatic carbocycles. The van der Waals surface area contributed by atoms with Crippen LogP contribution in [0.5, 0.6) is 0 Å². The molecule has 0 aliphatic rings. The summed E-state index contributed by atoms with van der Waals surface area (Å²) in [5, 5.41) is 0. The summed E-state index contributed by atoms with van der Waals surface area (Å²) in [5.41, 5.74) is 12.0. The molecule has 5 aromatic rings. The zero-order valence-corrected chi connectivity index (χ0v) is 19.2. The van der Waals surface area contributed by atoms with Crippen molar-refractivity contribution in [2.75, 3.05) is 0 Å². The number of rotatable bonds is 4. The molecule has 0 spiro atoms. The van der Waals surface area contributed by atoms with Gasteiger partial charge in [0.25, 0.3) is 0 Å². The monoisotopic (exact) mass is 426 g/mol. The topological polar surface area (TPSA) is 25.8 Å². The smallest absolute Gasteiger partial charge is 0.0972 e. The van der Waals surface area contributed by atoms with E-state index in [4.69, 9.17) is 9.97 Å². The van der Waals surface area contributed by atoms with Gasteiger partial charge in [-0.25, -0.2) is 4.98 Å². The van der Waals surface area contributed by atoms with E-state index in [2.05, 4.69) is 112 Å². The van der Waals surface area contributed by atoms with Gasteiger partial charge in [-0.15, -0.1) is 0 Å². The van der Waals surface area contributed by atoms with Crippen LogP contribution in [0.1, 0.15) is 16.7 Å². The van der Waals surface area contributed by atoms with E-state index in [1.165, 1.54) is 27.8 Å². The van der Waals surface area contributed by atoms with Crippen molar-refractivity contribution in [3.63, 3.8) is 0 Å². The van der Waals surface area contributed by atoms with Gasteiger partial charge in [0.1, 0.15) is 0 Å². The van der Waals surface area contributed by atoms with Crippen molar-refractivity contribution in [2.24, 2.45) is 0 Å². The molecule has 0 atom stereocenters. The van der Waals surface area contributed by atoms with Gasteiger partial charge in [0.05, 0.1) is 23.3 Å². The van der Waals surface area contributed by atoms with E-state index in [9.17, 15) is 0 Å². The maximum Gasteiger partial charge on any atom is 0.0972 e. The molecule has 0 aliphatic heterocycles. The third-order valence-corrected chi connectivity index (χ3v) is 6.02. The number of aromatic nitrogens is 2. The minimum absolute atomic E-state index is 0.880. The van der Waals surface area contributed by atoms with Crippen LogP contribution in [0, 0.1) is 20.8 Å². The fourth-order valence-corrected chi connectivity index (χ4v) is 4.18. The Bertz CT molecular complexity index is 1400. The van der Waals surface area contributed by atoms with Crippen molar-refractivity contribution >= 4 is 0 Å². The fraction of sp³-hybridized carbons (Fsp3) is 0.0968. The maximum absolute atomic E-state index is 5.12. The van der Waals surface area contributed by atoms with Crippen LogP contribution in [0.15, 0.2) is 103 Å². The Morgan fingerprint density at radius 2 is 1.12 bits per heavy atom. The molecule has 0 radical (unpaired) electrons. The van der Waals surface area contributed by atoms with Gasteiger partial charge in [-0.2, -0.15) is 0 Å². The van der Waals surface area contributed by atoms with Gasteiger partial charge in [0.2, 0.25) is 0 Å². The van der Waals surface area contributed by atoms with E-state index in [1.54, 1.807) is 0 Å². The normalized spacial score (nSPS) is 10.9. The molecule has 1 aromatic heterocycles. The van der Waals surface area contributed by atoms with Crippen molar-refractivity contribution in [3.8, 4) is 44.9 Å². The van der Waals surface area contributed by atoms with Crippen molar-refractivity contribution in [1.29, 1.82) is 0 Å². The lowest BCUT2D eigenvalue weighted by Gasteiger charge is -2.14. The molecule has 5 rings (SSSR count). The molecule has 0 unspecified atom stereocenters. The van der Waals surface area contributed by atoms with Crippen LogP contribution in [0.25, 0.3) is 44.9 Å². The number of nitrogens with zero attached hydrogens (tertiary/aromatic N) is 2. The highest BCUT2D eigenvalue weighted by molar-refractivity contribution is 5.82. The van der Waals surface area contributed by atoms with Crippen molar-refractivity contribution < 1.29 is 0 Å². The van der Waals surface area contributed by atoms with Gasteiger partial charge in [0, 0.05) is 16.7 Å². The van der Waals surface area contributed by atoms with Crippen LogP contribution < -0.4 is 0 Å². The highest BCUT2D eigenvalue weighted by Gasteiger charge is 2.15. The van der Waals surface area contributed by atoms with E-state index in [0.717, 1.165) is 33.8 Å².